The van der Waals surface area contributed by atoms with Crippen molar-refractivity contribution in [3.63, 3.8) is 0 Å². The summed E-state index contributed by atoms with van der Waals surface area (Å²) in [5.41, 5.74) is -1.16. The monoisotopic (exact) mass is 324 g/mol. The highest BCUT2D eigenvalue weighted by atomic mass is 35.5. The van der Waals surface area contributed by atoms with Gasteiger partial charge in [0.15, 0.2) is 0 Å². The maximum absolute atomic E-state index is 13.5. The molecule has 18 heavy (non-hydrogen) atoms. The van der Waals surface area contributed by atoms with E-state index in [1.54, 1.807) is 12.1 Å². The summed E-state index contributed by atoms with van der Waals surface area (Å²) in [6.45, 7) is 1.53. The van der Waals surface area contributed by atoms with Crippen LogP contribution >= 0.6 is 46.1 Å². The standard InChI is InChI=1S/C12H8Cl3FOS/c1-12(17,10-2-3-11(15)18-10)6-4-9(16)8(14)5-7(6)13/h2-5,17H,1H3. The molecule has 1 nitrogen and oxygen atoms in total. The predicted molar refractivity (Wildman–Crippen MR) is 74.4 cm³/mol. The molecule has 0 radical (unpaired) electrons. The molecule has 0 aliphatic rings. The van der Waals surface area contributed by atoms with E-state index in [2.05, 4.69) is 0 Å². The third kappa shape index (κ3) is 2.51. The SMILES string of the molecule is CC(O)(c1ccc(Cl)s1)c1cc(F)c(Cl)cc1Cl. The summed E-state index contributed by atoms with van der Waals surface area (Å²) < 4.78 is 14.0. The van der Waals surface area contributed by atoms with Crippen molar-refractivity contribution >= 4 is 46.1 Å². The lowest BCUT2D eigenvalue weighted by Crippen LogP contribution is -2.22. The van der Waals surface area contributed by atoms with Crippen molar-refractivity contribution in [1.29, 1.82) is 0 Å². The lowest BCUT2D eigenvalue weighted by molar-refractivity contribution is 0.106. The van der Waals surface area contributed by atoms with Crippen LogP contribution in [0.1, 0.15) is 17.4 Å². The van der Waals surface area contributed by atoms with E-state index in [1.165, 1.54) is 24.3 Å². The highest BCUT2D eigenvalue weighted by Crippen LogP contribution is 2.40. The van der Waals surface area contributed by atoms with Gasteiger partial charge in [0, 0.05) is 15.5 Å². The fourth-order valence-electron chi connectivity index (χ4n) is 1.60. The molecule has 0 bridgehead atoms. The predicted octanol–water partition coefficient (Wildman–Crippen LogP) is 5.10. The topological polar surface area (TPSA) is 20.2 Å². The van der Waals surface area contributed by atoms with Crippen molar-refractivity contribution in [3.05, 3.63) is 54.9 Å². The van der Waals surface area contributed by atoms with Gasteiger partial charge in [0.2, 0.25) is 0 Å². The van der Waals surface area contributed by atoms with Gasteiger partial charge in [0.25, 0.3) is 0 Å². The maximum Gasteiger partial charge on any atom is 0.142 e. The zero-order chi connectivity index (χ0) is 13.5. The number of hydrogen-bond donors (Lipinski definition) is 1. The van der Waals surface area contributed by atoms with Crippen molar-refractivity contribution in [1.82, 2.24) is 0 Å². The molecular formula is C12H8Cl3FOS. The van der Waals surface area contributed by atoms with Crippen molar-refractivity contribution < 1.29 is 9.50 Å². The summed E-state index contributed by atoms with van der Waals surface area (Å²) in [5.74, 6) is -0.626. The van der Waals surface area contributed by atoms with E-state index in [9.17, 15) is 9.50 Å². The van der Waals surface area contributed by atoms with E-state index in [0.29, 0.717) is 9.21 Å². The van der Waals surface area contributed by atoms with Crippen LogP contribution in [0.5, 0.6) is 0 Å². The van der Waals surface area contributed by atoms with E-state index in [-0.39, 0.29) is 15.6 Å². The second kappa shape index (κ2) is 4.99. The van der Waals surface area contributed by atoms with Crippen molar-refractivity contribution in [2.24, 2.45) is 0 Å². The second-order valence-corrected chi connectivity index (χ2v) is 6.45. The summed E-state index contributed by atoms with van der Waals surface area (Å²) >= 11 is 18.7. The summed E-state index contributed by atoms with van der Waals surface area (Å²) in [6.07, 6.45) is 0. The third-order valence-electron chi connectivity index (χ3n) is 2.59. The average molecular weight is 326 g/mol. The van der Waals surface area contributed by atoms with Gasteiger partial charge in [-0.3, -0.25) is 0 Å². The number of thiophene rings is 1. The molecule has 1 aromatic carbocycles. The van der Waals surface area contributed by atoms with Crippen LogP contribution in [0.15, 0.2) is 24.3 Å². The van der Waals surface area contributed by atoms with Crippen molar-refractivity contribution in [3.8, 4) is 0 Å². The molecule has 1 aromatic heterocycles. The van der Waals surface area contributed by atoms with Crippen LogP contribution in [0, 0.1) is 5.82 Å². The minimum atomic E-state index is -1.42. The van der Waals surface area contributed by atoms with E-state index >= 15 is 0 Å². The molecule has 0 saturated carbocycles. The first-order valence-electron chi connectivity index (χ1n) is 4.95. The Balaban J connectivity index is 2.57. The first-order chi connectivity index (χ1) is 8.32. The Hall–Kier alpha value is -0.320. The molecule has 0 fully saturated rings. The van der Waals surface area contributed by atoms with Gasteiger partial charge in [-0.25, -0.2) is 4.39 Å². The molecule has 1 atom stereocenters. The highest BCUT2D eigenvalue weighted by Gasteiger charge is 2.30. The van der Waals surface area contributed by atoms with Crippen LogP contribution in [-0.4, -0.2) is 5.11 Å². The van der Waals surface area contributed by atoms with Crippen LogP contribution in [0.2, 0.25) is 14.4 Å². The third-order valence-corrected chi connectivity index (χ3v) is 4.63. The molecule has 1 unspecified atom stereocenters. The van der Waals surface area contributed by atoms with Crippen LogP contribution in [0.25, 0.3) is 0 Å². The van der Waals surface area contributed by atoms with Crippen LogP contribution in [0.4, 0.5) is 4.39 Å². The summed E-state index contributed by atoms with van der Waals surface area (Å²) in [6, 6.07) is 5.75. The van der Waals surface area contributed by atoms with Crippen LogP contribution in [-0.2, 0) is 5.60 Å². The van der Waals surface area contributed by atoms with Crippen LogP contribution in [0.3, 0.4) is 0 Å². The van der Waals surface area contributed by atoms with Gasteiger partial charge < -0.3 is 5.11 Å². The van der Waals surface area contributed by atoms with E-state index in [0.717, 1.165) is 6.07 Å². The first kappa shape index (κ1) is 14.1. The Morgan fingerprint density at radius 1 is 1.17 bits per heavy atom. The van der Waals surface area contributed by atoms with Crippen LogP contribution < -0.4 is 0 Å². The fraction of sp³-hybridized carbons (Fsp3) is 0.167. The molecule has 0 saturated heterocycles. The molecule has 0 spiro atoms. The Morgan fingerprint density at radius 2 is 1.83 bits per heavy atom. The Kier molecular flexibility index (Phi) is 3.90. The smallest absolute Gasteiger partial charge is 0.142 e. The number of halogens is 4. The van der Waals surface area contributed by atoms with Crippen molar-refractivity contribution in [2.45, 2.75) is 12.5 Å². The molecule has 2 rings (SSSR count). The van der Waals surface area contributed by atoms with E-state index < -0.39 is 11.4 Å². The van der Waals surface area contributed by atoms with E-state index in [1.807, 2.05) is 0 Å². The van der Waals surface area contributed by atoms with Gasteiger partial charge in [-0.05, 0) is 31.2 Å². The number of benzene rings is 1. The van der Waals surface area contributed by atoms with Crippen molar-refractivity contribution in [2.75, 3.05) is 0 Å². The summed E-state index contributed by atoms with van der Waals surface area (Å²) in [5, 5.41) is 10.6. The Labute approximate surface area is 123 Å². The molecular weight excluding hydrogens is 318 g/mol. The van der Waals surface area contributed by atoms with Gasteiger partial charge in [0.05, 0.1) is 9.36 Å². The molecule has 96 valence electrons. The first-order valence-corrected chi connectivity index (χ1v) is 6.90. The number of hydrogen-bond acceptors (Lipinski definition) is 2. The zero-order valence-electron chi connectivity index (χ0n) is 9.18. The van der Waals surface area contributed by atoms with Gasteiger partial charge in [0.1, 0.15) is 11.4 Å². The highest BCUT2D eigenvalue weighted by molar-refractivity contribution is 7.16. The summed E-state index contributed by atoms with van der Waals surface area (Å²) in [4.78, 5) is 0.580. The molecule has 1 heterocycles. The maximum atomic E-state index is 13.5. The molecule has 0 aliphatic carbocycles. The lowest BCUT2D eigenvalue weighted by Gasteiger charge is -2.24. The largest absolute Gasteiger partial charge is 0.380 e. The van der Waals surface area contributed by atoms with Gasteiger partial charge >= 0.3 is 0 Å². The molecule has 0 amide bonds. The normalized spacial score (nSPS) is 14.6. The minimum Gasteiger partial charge on any atom is -0.380 e. The number of aliphatic hydroxyl groups is 1. The second-order valence-electron chi connectivity index (χ2n) is 3.92. The summed E-state index contributed by atoms with van der Waals surface area (Å²) in [7, 11) is 0. The minimum absolute atomic E-state index is 0.0799. The molecule has 6 heteroatoms. The number of rotatable bonds is 2. The average Bonchev–Trinajstić information content (AvgIpc) is 2.70. The Morgan fingerprint density at radius 3 is 2.39 bits per heavy atom. The molecule has 1 N–H and O–H groups in total. The molecule has 0 aliphatic heterocycles. The van der Waals surface area contributed by atoms with Gasteiger partial charge in [-0.2, -0.15) is 0 Å². The Bertz CT molecular complexity index is 595. The zero-order valence-corrected chi connectivity index (χ0v) is 12.3. The van der Waals surface area contributed by atoms with Gasteiger partial charge in [-0.1, -0.05) is 34.8 Å². The van der Waals surface area contributed by atoms with Gasteiger partial charge in [-0.15, -0.1) is 11.3 Å². The van der Waals surface area contributed by atoms with E-state index in [4.69, 9.17) is 34.8 Å². The lowest BCUT2D eigenvalue weighted by atomic mass is 9.94. The quantitative estimate of drug-likeness (QED) is 0.761. The molecule has 2 aromatic rings. The fourth-order valence-corrected chi connectivity index (χ4v) is 3.27.